The predicted molar refractivity (Wildman–Crippen MR) is 101 cm³/mol. The second-order valence-corrected chi connectivity index (χ2v) is 6.84. The Labute approximate surface area is 189 Å². The van der Waals surface area contributed by atoms with Crippen LogP contribution < -0.4 is 53.6 Å². The van der Waals surface area contributed by atoms with Crippen LogP contribution >= 0.6 is 11.3 Å². The standard InChI is InChI=1S/C20H20O6S.Na/c1-23-12-4-6-13(7-5-12)26-20-14-10-15(24-2)16(25-3)11-18(14)27-17(20)8-9-19(21)22;/h4-7,10-11H,8-9H2,1-3H3,(H,21,22);/q;+1/p-1. The van der Waals surface area contributed by atoms with Crippen molar-refractivity contribution in [2.24, 2.45) is 0 Å². The van der Waals surface area contributed by atoms with Crippen LogP contribution in [0.15, 0.2) is 36.4 Å². The number of rotatable bonds is 8. The number of carbonyl (C=O) groups excluding carboxylic acids is 1. The third-order valence-electron chi connectivity index (χ3n) is 4.05. The molecule has 0 fully saturated rings. The summed E-state index contributed by atoms with van der Waals surface area (Å²) < 4.78 is 22.9. The first kappa shape index (κ1) is 22.4. The first-order valence-electron chi connectivity index (χ1n) is 8.25. The van der Waals surface area contributed by atoms with Crippen LogP contribution in [0.2, 0.25) is 0 Å². The summed E-state index contributed by atoms with van der Waals surface area (Å²) in [4.78, 5) is 11.7. The van der Waals surface area contributed by atoms with Gasteiger partial charge in [-0.25, -0.2) is 0 Å². The average Bonchev–Trinajstić information content (AvgIpc) is 3.02. The average molecular weight is 410 g/mol. The zero-order valence-corrected chi connectivity index (χ0v) is 19.1. The van der Waals surface area contributed by atoms with Gasteiger partial charge in [-0.05, 0) is 43.2 Å². The maximum Gasteiger partial charge on any atom is 1.00 e. The summed E-state index contributed by atoms with van der Waals surface area (Å²) in [5.74, 6) is 2.05. The Bertz CT molecular complexity index is 951. The van der Waals surface area contributed by atoms with E-state index in [1.165, 1.54) is 11.3 Å². The molecule has 0 bridgehead atoms. The molecule has 1 aromatic heterocycles. The van der Waals surface area contributed by atoms with Crippen molar-refractivity contribution < 1.29 is 58.4 Å². The van der Waals surface area contributed by atoms with E-state index in [2.05, 4.69) is 0 Å². The summed E-state index contributed by atoms with van der Waals surface area (Å²) in [7, 11) is 4.74. The molecule has 6 nitrogen and oxygen atoms in total. The van der Waals surface area contributed by atoms with Crippen molar-refractivity contribution >= 4 is 27.4 Å². The topological polar surface area (TPSA) is 77.1 Å². The van der Waals surface area contributed by atoms with Gasteiger partial charge in [-0.1, -0.05) is 0 Å². The van der Waals surface area contributed by atoms with Gasteiger partial charge in [-0.3, -0.25) is 0 Å². The fourth-order valence-electron chi connectivity index (χ4n) is 2.71. The van der Waals surface area contributed by atoms with E-state index in [1.54, 1.807) is 45.6 Å². The molecule has 0 unspecified atom stereocenters. The number of carboxylic acid groups (broad SMARTS) is 1. The summed E-state index contributed by atoms with van der Waals surface area (Å²) in [6, 6.07) is 10.9. The number of hydrogen-bond acceptors (Lipinski definition) is 7. The van der Waals surface area contributed by atoms with E-state index in [-0.39, 0.29) is 36.0 Å². The minimum atomic E-state index is -1.10. The molecule has 0 aliphatic heterocycles. The number of ether oxygens (including phenoxy) is 4. The van der Waals surface area contributed by atoms with Gasteiger partial charge in [0.15, 0.2) is 11.5 Å². The number of aryl methyl sites for hydroxylation is 1. The van der Waals surface area contributed by atoms with Gasteiger partial charge in [0, 0.05) is 27.0 Å². The molecule has 3 aromatic rings. The third kappa shape index (κ3) is 4.91. The second kappa shape index (κ2) is 10.0. The smallest absolute Gasteiger partial charge is 0.550 e. The number of aliphatic carboxylic acids is 1. The molecule has 8 heteroatoms. The van der Waals surface area contributed by atoms with Crippen molar-refractivity contribution in [1.82, 2.24) is 0 Å². The van der Waals surface area contributed by atoms with Crippen LogP contribution in [-0.4, -0.2) is 27.3 Å². The van der Waals surface area contributed by atoms with Crippen LogP contribution in [0, 0.1) is 0 Å². The first-order valence-corrected chi connectivity index (χ1v) is 9.06. The SMILES string of the molecule is COc1ccc(Oc2c(CCC(=O)[O-])sc3cc(OC)c(OC)cc23)cc1.[Na+]. The van der Waals surface area contributed by atoms with E-state index < -0.39 is 5.97 Å². The molecule has 0 saturated carbocycles. The Morgan fingerprint density at radius 2 is 1.57 bits per heavy atom. The molecule has 0 amide bonds. The van der Waals surface area contributed by atoms with Crippen molar-refractivity contribution in [2.45, 2.75) is 12.8 Å². The fraction of sp³-hybridized carbons (Fsp3) is 0.250. The molecule has 0 N–H and O–H groups in total. The van der Waals surface area contributed by atoms with Crippen molar-refractivity contribution in [3.8, 4) is 28.7 Å². The van der Waals surface area contributed by atoms with Crippen LogP contribution in [0.5, 0.6) is 28.7 Å². The number of methoxy groups -OCH3 is 3. The molecule has 1 heterocycles. The summed E-state index contributed by atoms with van der Waals surface area (Å²) >= 11 is 1.47. The molecule has 3 rings (SSSR count). The number of fused-ring (bicyclic) bond motifs is 1. The third-order valence-corrected chi connectivity index (χ3v) is 5.25. The first-order chi connectivity index (χ1) is 13.0. The van der Waals surface area contributed by atoms with Crippen LogP contribution in [0.1, 0.15) is 11.3 Å². The van der Waals surface area contributed by atoms with Crippen molar-refractivity contribution in [1.29, 1.82) is 0 Å². The van der Waals surface area contributed by atoms with Crippen LogP contribution in [-0.2, 0) is 11.2 Å². The molecule has 0 radical (unpaired) electrons. The molecule has 0 saturated heterocycles. The number of thiophene rings is 1. The number of benzene rings is 2. The minimum absolute atomic E-state index is 0. The predicted octanol–water partition coefficient (Wildman–Crippen LogP) is 0.406. The Morgan fingerprint density at radius 1 is 0.964 bits per heavy atom. The van der Waals surface area contributed by atoms with E-state index in [4.69, 9.17) is 18.9 Å². The van der Waals surface area contributed by atoms with Crippen LogP contribution in [0.3, 0.4) is 0 Å². The monoisotopic (exact) mass is 410 g/mol. The quantitative estimate of drug-likeness (QED) is 0.501. The second-order valence-electron chi connectivity index (χ2n) is 5.71. The van der Waals surface area contributed by atoms with E-state index in [0.29, 0.717) is 29.4 Å². The van der Waals surface area contributed by atoms with Gasteiger partial charge in [0.2, 0.25) is 0 Å². The molecule has 0 atom stereocenters. The maximum atomic E-state index is 10.9. The summed E-state index contributed by atoms with van der Waals surface area (Å²) in [5, 5.41) is 11.8. The van der Waals surface area contributed by atoms with Gasteiger partial charge in [0.1, 0.15) is 17.2 Å². The van der Waals surface area contributed by atoms with Gasteiger partial charge in [-0.15, -0.1) is 11.3 Å². The van der Waals surface area contributed by atoms with E-state index in [9.17, 15) is 9.90 Å². The van der Waals surface area contributed by atoms with Crippen molar-refractivity contribution in [2.75, 3.05) is 21.3 Å². The molecular formula is C20H19NaO6S. The van der Waals surface area contributed by atoms with Gasteiger partial charge >= 0.3 is 29.6 Å². The summed E-state index contributed by atoms with van der Waals surface area (Å²) in [6.07, 6.45) is 0.234. The zero-order chi connectivity index (χ0) is 19.4. The molecule has 2 aromatic carbocycles. The molecular weight excluding hydrogens is 391 g/mol. The van der Waals surface area contributed by atoms with Crippen LogP contribution in [0.25, 0.3) is 10.1 Å². The number of carboxylic acids is 1. The molecule has 142 valence electrons. The van der Waals surface area contributed by atoms with E-state index >= 15 is 0 Å². The normalized spacial score (nSPS) is 10.2. The Balaban J connectivity index is 0.00000280. The molecule has 28 heavy (non-hydrogen) atoms. The van der Waals surface area contributed by atoms with Gasteiger partial charge < -0.3 is 28.8 Å². The number of carbonyl (C=O) groups is 1. The molecule has 0 aliphatic carbocycles. The van der Waals surface area contributed by atoms with Crippen molar-refractivity contribution in [3.63, 3.8) is 0 Å². The summed E-state index contributed by atoms with van der Waals surface area (Å²) in [5.41, 5.74) is 0. The van der Waals surface area contributed by atoms with Crippen molar-refractivity contribution in [3.05, 3.63) is 41.3 Å². The maximum absolute atomic E-state index is 10.9. The van der Waals surface area contributed by atoms with Crippen LogP contribution in [0.4, 0.5) is 0 Å². The van der Waals surface area contributed by atoms with E-state index in [1.807, 2.05) is 12.1 Å². The van der Waals surface area contributed by atoms with Gasteiger partial charge in [0.05, 0.1) is 21.3 Å². The van der Waals surface area contributed by atoms with Gasteiger partial charge in [0.25, 0.3) is 0 Å². The Kier molecular flexibility index (Phi) is 8.00. The molecule has 0 aliphatic rings. The fourth-order valence-corrected chi connectivity index (χ4v) is 3.85. The Morgan fingerprint density at radius 3 is 2.14 bits per heavy atom. The molecule has 0 spiro atoms. The number of hydrogen-bond donors (Lipinski definition) is 0. The minimum Gasteiger partial charge on any atom is -0.550 e. The largest absolute Gasteiger partial charge is 1.00 e. The Hall–Kier alpha value is -1.93. The van der Waals surface area contributed by atoms with E-state index in [0.717, 1.165) is 20.7 Å². The van der Waals surface area contributed by atoms with Gasteiger partial charge in [-0.2, -0.15) is 0 Å². The zero-order valence-electron chi connectivity index (χ0n) is 16.2. The summed E-state index contributed by atoms with van der Waals surface area (Å²) in [6.45, 7) is 0.